The molecule has 2 heterocycles. The second kappa shape index (κ2) is 10.6. The summed E-state index contributed by atoms with van der Waals surface area (Å²) in [4.78, 5) is 29.9. The second-order valence-corrected chi connectivity index (χ2v) is 7.45. The predicted molar refractivity (Wildman–Crippen MR) is 114 cm³/mol. The van der Waals surface area contributed by atoms with Gasteiger partial charge in [0.15, 0.2) is 0 Å². The van der Waals surface area contributed by atoms with Gasteiger partial charge in [-0.05, 0) is 49.6 Å². The quantitative estimate of drug-likeness (QED) is 0.638. The van der Waals surface area contributed by atoms with Crippen molar-refractivity contribution in [1.82, 2.24) is 9.88 Å². The van der Waals surface area contributed by atoms with Crippen molar-refractivity contribution in [2.75, 3.05) is 19.7 Å². The number of unbranched alkanes of at least 4 members (excludes halogenated alkanes) is 2. The molecule has 160 valence electrons. The van der Waals surface area contributed by atoms with Gasteiger partial charge in [0.1, 0.15) is 23.3 Å². The Morgan fingerprint density at radius 3 is 2.70 bits per heavy atom. The molecule has 30 heavy (non-hydrogen) atoms. The minimum absolute atomic E-state index is 0.0200. The van der Waals surface area contributed by atoms with Gasteiger partial charge in [-0.1, -0.05) is 19.8 Å². The number of primary amides is 1. The Hall–Kier alpha value is -3.09. The van der Waals surface area contributed by atoms with Crippen molar-refractivity contribution in [3.8, 4) is 11.5 Å². The average Bonchev–Trinajstić information content (AvgIpc) is 2.77. The maximum Gasteiger partial charge on any atom is 0.267 e. The van der Waals surface area contributed by atoms with Crippen LogP contribution in [0.1, 0.15) is 59.9 Å². The minimum atomic E-state index is -0.598. The first-order valence-electron chi connectivity index (χ1n) is 10.5. The Morgan fingerprint density at radius 2 is 1.97 bits per heavy atom. The van der Waals surface area contributed by atoms with E-state index in [0.717, 1.165) is 37.9 Å². The highest BCUT2D eigenvalue weighted by atomic mass is 16.5. The summed E-state index contributed by atoms with van der Waals surface area (Å²) in [6, 6.07) is 10.5. The monoisotopic (exact) mass is 411 g/mol. The van der Waals surface area contributed by atoms with Crippen LogP contribution in [0.3, 0.4) is 0 Å². The fourth-order valence-electron chi connectivity index (χ4n) is 3.45. The first-order chi connectivity index (χ1) is 14.6. The zero-order valence-corrected chi connectivity index (χ0v) is 17.4. The molecule has 1 saturated heterocycles. The maximum atomic E-state index is 12.9. The van der Waals surface area contributed by atoms with Crippen LogP contribution in [0, 0.1) is 0 Å². The van der Waals surface area contributed by atoms with Crippen LogP contribution in [-0.2, 0) is 0 Å². The highest BCUT2D eigenvalue weighted by molar-refractivity contribution is 5.94. The lowest BCUT2D eigenvalue weighted by Crippen LogP contribution is -2.44. The number of piperidine rings is 1. The van der Waals surface area contributed by atoms with Crippen molar-refractivity contribution in [3.05, 3.63) is 53.9 Å². The number of nitrogens with two attached hydrogens (primary N) is 1. The number of amides is 2. The number of hydrogen-bond donors (Lipinski definition) is 1. The Balaban J connectivity index is 1.56. The number of aromatic nitrogens is 1. The summed E-state index contributed by atoms with van der Waals surface area (Å²) in [5, 5.41) is 0. The smallest absolute Gasteiger partial charge is 0.267 e. The van der Waals surface area contributed by atoms with E-state index in [4.69, 9.17) is 15.2 Å². The fourth-order valence-corrected chi connectivity index (χ4v) is 3.45. The second-order valence-electron chi connectivity index (χ2n) is 7.45. The van der Waals surface area contributed by atoms with Crippen molar-refractivity contribution in [1.29, 1.82) is 0 Å². The molecule has 1 fully saturated rings. The Labute approximate surface area is 177 Å². The highest BCUT2D eigenvalue weighted by Gasteiger charge is 2.26. The van der Waals surface area contributed by atoms with Crippen LogP contribution in [0.2, 0.25) is 0 Å². The number of carbonyl (C=O) groups excluding carboxylic acids is 2. The van der Waals surface area contributed by atoms with Gasteiger partial charge >= 0.3 is 0 Å². The molecular formula is C23H29N3O4. The van der Waals surface area contributed by atoms with Crippen molar-refractivity contribution in [2.24, 2.45) is 5.73 Å². The lowest BCUT2D eigenvalue weighted by atomic mass is 10.1. The molecule has 1 aliphatic rings. The van der Waals surface area contributed by atoms with Crippen LogP contribution in [-0.4, -0.2) is 47.5 Å². The standard InChI is InChI=1S/C23H29N3O4/c1-2-3-4-14-29-18-9-7-17(8-10-18)23(28)26-13-5-6-20(16-26)30-19-11-12-25-21(15-19)22(24)27/h7-12,15,20H,2-6,13-14,16H2,1H3,(H2,24,27). The largest absolute Gasteiger partial charge is 0.494 e. The molecule has 0 bridgehead atoms. The van der Waals surface area contributed by atoms with Gasteiger partial charge in [0.05, 0.1) is 13.2 Å². The van der Waals surface area contributed by atoms with Crippen LogP contribution in [0.5, 0.6) is 11.5 Å². The fraction of sp³-hybridized carbons (Fsp3) is 0.435. The molecule has 7 nitrogen and oxygen atoms in total. The SMILES string of the molecule is CCCCCOc1ccc(C(=O)N2CCCC(Oc3ccnc(C(N)=O)c3)C2)cc1. The molecule has 1 aromatic heterocycles. The van der Waals surface area contributed by atoms with Gasteiger partial charge in [-0.25, -0.2) is 0 Å². The minimum Gasteiger partial charge on any atom is -0.494 e. The summed E-state index contributed by atoms with van der Waals surface area (Å²) in [5.41, 5.74) is 6.07. The molecule has 2 N–H and O–H groups in total. The number of benzene rings is 1. The molecule has 3 rings (SSSR count). The molecule has 0 aliphatic carbocycles. The lowest BCUT2D eigenvalue weighted by Gasteiger charge is -2.33. The summed E-state index contributed by atoms with van der Waals surface area (Å²) in [6.07, 6.45) is 6.37. The van der Waals surface area contributed by atoms with E-state index in [2.05, 4.69) is 11.9 Å². The Bertz CT molecular complexity index is 854. The molecule has 0 saturated carbocycles. The highest BCUT2D eigenvalue weighted by Crippen LogP contribution is 2.21. The van der Waals surface area contributed by atoms with Gasteiger partial charge in [-0.2, -0.15) is 0 Å². The molecule has 1 aromatic carbocycles. The van der Waals surface area contributed by atoms with Crippen LogP contribution < -0.4 is 15.2 Å². The molecular weight excluding hydrogens is 382 g/mol. The van der Waals surface area contributed by atoms with Gasteiger partial charge < -0.3 is 20.1 Å². The van der Waals surface area contributed by atoms with Gasteiger partial charge in [-0.3, -0.25) is 14.6 Å². The van der Waals surface area contributed by atoms with E-state index < -0.39 is 5.91 Å². The van der Waals surface area contributed by atoms with E-state index in [9.17, 15) is 9.59 Å². The third kappa shape index (κ3) is 5.95. The summed E-state index contributed by atoms with van der Waals surface area (Å²) < 4.78 is 11.7. The topological polar surface area (TPSA) is 94.8 Å². The molecule has 0 radical (unpaired) electrons. The molecule has 2 aromatic rings. The maximum absolute atomic E-state index is 12.9. The van der Waals surface area contributed by atoms with E-state index in [1.807, 2.05) is 29.2 Å². The van der Waals surface area contributed by atoms with Gasteiger partial charge in [0, 0.05) is 24.4 Å². The Kier molecular flexibility index (Phi) is 7.65. The van der Waals surface area contributed by atoms with Gasteiger partial charge in [0.2, 0.25) is 0 Å². The van der Waals surface area contributed by atoms with Crippen molar-refractivity contribution in [2.45, 2.75) is 45.1 Å². The molecule has 2 amide bonds. The van der Waals surface area contributed by atoms with E-state index >= 15 is 0 Å². The van der Waals surface area contributed by atoms with E-state index in [1.54, 1.807) is 6.07 Å². The number of ether oxygens (including phenoxy) is 2. The predicted octanol–water partition coefficient (Wildman–Crippen LogP) is 3.43. The first-order valence-corrected chi connectivity index (χ1v) is 10.5. The van der Waals surface area contributed by atoms with Crippen LogP contribution in [0.4, 0.5) is 0 Å². The Morgan fingerprint density at radius 1 is 1.17 bits per heavy atom. The van der Waals surface area contributed by atoms with Crippen LogP contribution in [0.15, 0.2) is 42.6 Å². The molecule has 0 spiro atoms. The van der Waals surface area contributed by atoms with Gasteiger partial charge in [0.25, 0.3) is 11.8 Å². The van der Waals surface area contributed by atoms with Crippen LogP contribution >= 0.6 is 0 Å². The number of hydrogen-bond acceptors (Lipinski definition) is 5. The molecule has 1 aliphatic heterocycles. The van der Waals surface area contributed by atoms with Crippen molar-refractivity contribution < 1.29 is 19.1 Å². The zero-order valence-electron chi connectivity index (χ0n) is 17.4. The van der Waals surface area contributed by atoms with E-state index in [-0.39, 0.29) is 17.7 Å². The normalized spacial score (nSPS) is 16.2. The summed E-state index contributed by atoms with van der Waals surface area (Å²) in [5.74, 6) is 0.695. The summed E-state index contributed by atoms with van der Waals surface area (Å²) in [6.45, 7) is 4.03. The number of carbonyl (C=O) groups is 2. The van der Waals surface area contributed by atoms with E-state index in [1.165, 1.54) is 12.3 Å². The third-order valence-corrected chi connectivity index (χ3v) is 5.07. The number of likely N-dealkylation sites (tertiary alicyclic amines) is 1. The number of pyridine rings is 1. The molecule has 1 atom stereocenters. The summed E-state index contributed by atoms with van der Waals surface area (Å²) in [7, 11) is 0. The summed E-state index contributed by atoms with van der Waals surface area (Å²) >= 11 is 0. The van der Waals surface area contributed by atoms with E-state index in [0.29, 0.717) is 31.0 Å². The molecule has 7 heteroatoms. The number of nitrogens with zero attached hydrogens (tertiary/aromatic N) is 2. The van der Waals surface area contributed by atoms with Crippen molar-refractivity contribution in [3.63, 3.8) is 0 Å². The average molecular weight is 412 g/mol. The molecule has 1 unspecified atom stereocenters. The third-order valence-electron chi connectivity index (χ3n) is 5.07. The lowest BCUT2D eigenvalue weighted by molar-refractivity contribution is 0.0537. The zero-order chi connectivity index (χ0) is 21.3. The van der Waals surface area contributed by atoms with Crippen LogP contribution in [0.25, 0.3) is 0 Å². The van der Waals surface area contributed by atoms with Crippen molar-refractivity contribution >= 4 is 11.8 Å². The first kappa shape index (κ1) is 21.6. The van der Waals surface area contributed by atoms with Gasteiger partial charge in [-0.15, -0.1) is 0 Å². The number of rotatable bonds is 9.